The number of carbonyl (C=O) groups is 1. The lowest BCUT2D eigenvalue weighted by Crippen LogP contribution is -1.98. The maximum absolute atomic E-state index is 11.2. The molecule has 3 heteroatoms. The Morgan fingerprint density at radius 2 is 1.59 bits per heavy atom. The van der Waals surface area contributed by atoms with E-state index in [2.05, 4.69) is 0 Å². The Morgan fingerprint density at radius 1 is 0.864 bits per heavy atom. The van der Waals surface area contributed by atoms with Crippen LogP contribution in [0.4, 0.5) is 0 Å². The van der Waals surface area contributed by atoms with E-state index < -0.39 is 5.97 Å². The van der Waals surface area contributed by atoms with Crippen molar-refractivity contribution in [1.29, 1.82) is 0 Å². The minimum atomic E-state index is -0.970. The second kappa shape index (κ2) is 5.74. The summed E-state index contributed by atoms with van der Waals surface area (Å²) in [6, 6.07) is 18.0. The predicted molar refractivity (Wildman–Crippen MR) is 87.9 cm³/mol. The first-order chi connectivity index (χ1) is 10.7. The summed E-state index contributed by atoms with van der Waals surface area (Å²) in [5.74, 6) is -0.801. The molecule has 0 bridgehead atoms. The van der Waals surface area contributed by atoms with Crippen LogP contribution in [0, 0.1) is 0 Å². The van der Waals surface area contributed by atoms with Crippen molar-refractivity contribution in [3.8, 4) is 5.75 Å². The predicted octanol–water partition coefficient (Wildman–Crippen LogP) is 4.41. The van der Waals surface area contributed by atoms with Crippen molar-refractivity contribution in [2.75, 3.05) is 0 Å². The fourth-order valence-electron chi connectivity index (χ4n) is 2.47. The number of benzene rings is 3. The van der Waals surface area contributed by atoms with Crippen molar-refractivity contribution in [3.05, 3.63) is 77.4 Å². The summed E-state index contributed by atoms with van der Waals surface area (Å²) in [5.41, 5.74) is 1.51. The van der Waals surface area contributed by atoms with Crippen LogP contribution in [0.2, 0.25) is 0 Å². The smallest absolute Gasteiger partial charge is 0.336 e. The van der Waals surface area contributed by atoms with Crippen molar-refractivity contribution < 1.29 is 15.0 Å². The van der Waals surface area contributed by atoms with Gasteiger partial charge >= 0.3 is 5.97 Å². The van der Waals surface area contributed by atoms with Crippen LogP contribution in [0.3, 0.4) is 0 Å². The molecule has 0 saturated carbocycles. The Balaban J connectivity index is 2.11. The van der Waals surface area contributed by atoms with Gasteiger partial charge < -0.3 is 10.2 Å². The second-order valence-electron chi connectivity index (χ2n) is 4.95. The van der Waals surface area contributed by atoms with Crippen molar-refractivity contribution in [1.82, 2.24) is 0 Å². The largest absolute Gasteiger partial charge is 0.507 e. The summed E-state index contributed by atoms with van der Waals surface area (Å²) in [6.45, 7) is 0. The Kier molecular flexibility index (Phi) is 3.62. The molecular formula is C19H14O3. The fraction of sp³-hybridized carbons (Fsp3) is 0. The van der Waals surface area contributed by atoms with Gasteiger partial charge in [0.25, 0.3) is 0 Å². The van der Waals surface area contributed by atoms with Gasteiger partial charge in [-0.05, 0) is 28.5 Å². The van der Waals surface area contributed by atoms with E-state index in [9.17, 15) is 15.0 Å². The van der Waals surface area contributed by atoms with Gasteiger partial charge in [0.1, 0.15) is 5.75 Å². The van der Waals surface area contributed by atoms with Gasteiger partial charge in [0.15, 0.2) is 0 Å². The number of rotatable bonds is 3. The molecule has 0 aliphatic heterocycles. The lowest BCUT2D eigenvalue weighted by atomic mass is 10.0. The third-order valence-electron chi connectivity index (χ3n) is 3.57. The lowest BCUT2D eigenvalue weighted by molar-refractivity contribution is 0.0696. The molecule has 0 aliphatic carbocycles. The number of fused-ring (bicyclic) bond motifs is 1. The number of phenolic OH excluding ortho intramolecular Hbond substituents is 1. The molecule has 0 spiro atoms. The van der Waals surface area contributed by atoms with Gasteiger partial charge in [0, 0.05) is 5.56 Å². The van der Waals surface area contributed by atoms with Gasteiger partial charge in [-0.1, -0.05) is 60.7 Å². The van der Waals surface area contributed by atoms with Gasteiger partial charge in [0.05, 0.1) is 5.56 Å². The van der Waals surface area contributed by atoms with Crippen molar-refractivity contribution in [3.63, 3.8) is 0 Å². The molecule has 0 aromatic heterocycles. The van der Waals surface area contributed by atoms with E-state index in [1.807, 2.05) is 30.3 Å². The Hall–Kier alpha value is -3.07. The van der Waals surface area contributed by atoms with E-state index in [1.54, 1.807) is 42.5 Å². The summed E-state index contributed by atoms with van der Waals surface area (Å²) >= 11 is 0. The molecule has 0 heterocycles. The molecule has 0 unspecified atom stereocenters. The first-order valence-corrected chi connectivity index (χ1v) is 6.88. The first-order valence-electron chi connectivity index (χ1n) is 6.88. The molecule has 3 nitrogen and oxygen atoms in total. The average Bonchev–Trinajstić information content (AvgIpc) is 2.54. The average molecular weight is 290 g/mol. The molecule has 22 heavy (non-hydrogen) atoms. The molecule has 0 aliphatic rings. The van der Waals surface area contributed by atoms with Gasteiger partial charge in [-0.2, -0.15) is 0 Å². The molecule has 108 valence electrons. The second-order valence-corrected chi connectivity index (χ2v) is 4.95. The number of carboxylic acid groups (broad SMARTS) is 1. The monoisotopic (exact) mass is 290 g/mol. The van der Waals surface area contributed by atoms with Crippen LogP contribution < -0.4 is 0 Å². The number of carboxylic acids is 1. The highest BCUT2D eigenvalue weighted by atomic mass is 16.4. The summed E-state index contributed by atoms with van der Waals surface area (Å²) in [6.07, 6.45) is 3.46. The number of hydrogen-bond acceptors (Lipinski definition) is 2. The fourth-order valence-corrected chi connectivity index (χ4v) is 2.47. The topological polar surface area (TPSA) is 57.5 Å². The van der Waals surface area contributed by atoms with Crippen LogP contribution >= 0.6 is 0 Å². The van der Waals surface area contributed by atoms with E-state index in [0.717, 1.165) is 10.8 Å². The molecule has 2 N–H and O–H groups in total. The molecule has 0 radical (unpaired) electrons. The zero-order chi connectivity index (χ0) is 15.5. The van der Waals surface area contributed by atoms with Crippen LogP contribution in [0.5, 0.6) is 5.75 Å². The summed E-state index contributed by atoms with van der Waals surface area (Å²) in [5, 5.41) is 21.2. The molecule has 3 aromatic rings. The molecule has 0 amide bonds. The van der Waals surface area contributed by atoms with Crippen LogP contribution in [-0.4, -0.2) is 16.2 Å². The van der Waals surface area contributed by atoms with E-state index in [4.69, 9.17) is 0 Å². The van der Waals surface area contributed by atoms with Gasteiger partial charge in [-0.15, -0.1) is 0 Å². The van der Waals surface area contributed by atoms with Crippen molar-refractivity contribution >= 4 is 28.9 Å². The summed E-state index contributed by atoms with van der Waals surface area (Å²) in [4.78, 5) is 11.2. The Labute approximate surface area is 127 Å². The van der Waals surface area contributed by atoms with Crippen LogP contribution in [-0.2, 0) is 0 Å². The maximum atomic E-state index is 11.2. The number of aromatic hydroxyl groups is 1. The third kappa shape index (κ3) is 2.56. The Morgan fingerprint density at radius 3 is 2.41 bits per heavy atom. The van der Waals surface area contributed by atoms with E-state index in [1.165, 1.54) is 0 Å². The third-order valence-corrected chi connectivity index (χ3v) is 3.57. The molecular weight excluding hydrogens is 276 g/mol. The minimum absolute atomic E-state index is 0.169. The van der Waals surface area contributed by atoms with Crippen molar-refractivity contribution in [2.45, 2.75) is 0 Å². The quantitative estimate of drug-likeness (QED) is 0.702. The molecule has 0 saturated heterocycles. The van der Waals surface area contributed by atoms with Crippen LogP contribution in [0.25, 0.3) is 22.9 Å². The first kappa shape index (κ1) is 13.9. The molecule has 0 fully saturated rings. The molecule has 0 atom stereocenters. The standard InChI is InChI=1S/C19H14O3/c20-18-12-10-13-5-1-3-7-15(13)17(18)11-9-14-6-2-4-8-16(14)19(21)22/h1-12,20H,(H,21,22)/b11-9+. The normalized spacial score (nSPS) is 11.1. The minimum Gasteiger partial charge on any atom is -0.507 e. The van der Waals surface area contributed by atoms with Gasteiger partial charge in [0.2, 0.25) is 0 Å². The Bertz CT molecular complexity index is 879. The zero-order valence-electron chi connectivity index (χ0n) is 11.7. The number of phenols is 1. The van der Waals surface area contributed by atoms with Crippen molar-refractivity contribution in [2.24, 2.45) is 0 Å². The molecule has 3 rings (SSSR count). The zero-order valence-corrected chi connectivity index (χ0v) is 11.7. The summed E-state index contributed by atoms with van der Waals surface area (Å²) < 4.78 is 0. The number of aromatic carboxylic acids is 1. The van der Waals surface area contributed by atoms with Gasteiger partial charge in [-0.3, -0.25) is 0 Å². The highest BCUT2D eigenvalue weighted by Crippen LogP contribution is 2.29. The SMILES string of the molecule is O=C(O)c1ccccc1/C=C/c1c(O)ccc2ccccc12. The van der Waals surface area contributed by atoms with E-state index >= 15 is 0 Å². The van der Waals surface area contributed by atoms with E-state index in [0.29, 0.717) is 11.1 Å². The lowest BCUT2D eigenvalue weighted by Gasteiger charge is -2.05. The van der Waals surface area contributed by atoms with Crippen LogP contribution in [0.1, 0.15) is 21.5 Å². The highest BCUT2D eigenvalue weighted by Gasteiger charge is 2.07. The van der Waals surface area contributed by atoms with E-state index in [-0.39, 0.29) is 11.3 Å². The molecule has 3 aromatic carbocycles. The highest BCUT2D eigenvalue weighted by molar-refractivity contribution is 5.97. The van der Waals surface area contributed by atoms with Crippen LogP contribution in [0.15, 0.2) is 60.7 Å². The summed E-state index contributed by atoms with van der Waals surface area (Å²) in [7, 11) is 0. The maximum Gasteiger partial charge on any atom is 0.336 e. The van der Waals surface area contributed by atoms with Gasteiger partial charge in [-0.25, -0.2) is 4.79 Å². The number of hydrogen-bond donors (Lipinski definition) is 2.